The molecule has 5 nitrogen and oxygen atoms in total. The first-order valence-electron chi connectivity index (χ1n) is 11.3. The normalized spacial score (nSPS) is 29.4. The van der Waals surface area contributed by atoms with Crippen molar-refractivity contribution in [1.82, 2.24) is 9.21 Å². The standard InChI is InChI=1S/C23H34N2O3S/c1-17-7-11-21(12-8-17)29(27,28)24-15-13-20(14-16-24)23(26)25-18(2)9-10-19-5-3-4-6-22(19)25/h7-8,11-12,18-20,22H,3-6,9-10,13-16H2,1-2H3. The second-order valence-electron chi connectivity index (χ2n) is 9.28. The molecule has 0 bridgehead atoms. The smallest absolute Gasteiger partial charge is 0.243 e. The van der Waals surface area contributed by atoms with Crippen molar-refractivity contribution in [3.05, 3.63) is 29.8 Å². The van der Waals surface area contributed by atoms with Crippen LogP contribution in [0.4, 0.5) is 0 Å². The molecule has 29 heavy (non-hydrogen) atoms. The topological polar surface area (TPSA) is 57.7 Å². The molecule has 0 aromatic heterocycles. The Bertz CT molecular complexity index is 828. The molecular weight excluding hydrogens is 384 g/mol. The Balaban J connectivity index is 1.42. The minimum absolute atomic E-state index is 0.0393. The fourth-order valence-corrected chi connectivity index (χ4v) is 7.08. The van der Waals surface area contributed by atoms with Crippen LogP contribution in [0.15, 0.2) is 29.2 Å². The highest BCUT2D eigenvalue weighted by Gasteiger charge is 2.42. The summed E-state index contributed by atoms with van der Waals surface area (Å²) in [5, 5.41) is 0. The molecule has 160 valence electrons. The maximum atomic E-state index is 13.4. The van der Waals surface area contributed by atoms with Gasteiger partial charge in [0.25, 0.3) is 0 Å². The molecule has 1 aromatic rings. The number of likely N-dealkylation sites (tertiary alicyclic amines) is 1. The first kappa shape index (κ1) is 20.9. The fourth-order valence-electron chi connectivity index (χ4n) is 5.61. The van der Waals surface area contributed by atoms with Crippen LogP contribution in [0.3, 0.4) is 0 Å². The zero-order valence-corrected chi connectivity index (χ0v) is 18.5. The van der Waals surface area contributed by atoms with Gasteiger partial charge in [0.1, 0.15) is 0 Å². The Labute approximate surface area is 175 Å². The Kier molecular flexibility index (Phi) is 6.03. The number of aryl methyl sites for hydroxylation is 1. The predicted octanol–water partition coefficient (Wildman–Crippen LogP) is 3.97. The van der Waals surface area contributed by atoms with Gasteiger partial charge in [0.2, 0.25) is 15.9 Å². The number of hydrogen-bond donors (Lipinski definition) is 0. The quantitative estimate of drug-likeness (QED) is 0.746. The van der Waals surface area contributed by atoms with Gasteiger partial charge in [0.05, 0.1) is 4.90 Å². The van der Waals surface area contributed by atoms with E-state index in [1.807, 2.05) is 19.1 Å². The molecule has 0 spiro atoms. The number of hydrogen-bond acceptors (Lipinski definition) is 3. The second kappa shape index (κ2) is 8.38. The molecule has 6 heteroatoms. The molecule has 0 N–H and O–H groups in total. The van der Waals surface area contributed by atoms with Gasteiger partial charge in [-0.15, -0.1) is 0 Å². The monoisotopic (exact) mass is 418 g/mol. The number of sulfonamides is 1. The summed E-state index contributed by atoms with van der Waals surface area (Å²) in [4.78, 5) is 16.0. The summed E-state index contributed by atoms with van der Waals surface area (Å²) in [7, 11) is -3.47. The molecule has 1 saturated carbocycles. The summed E-state index contributed by atoms with van der Waals surface area (Å²) in [6.07, 6.45) is 8.54. The number of nitrogens with zero attached hydrogens (tertiary/aromatic N) is 2. The van der Waals surface area contributed by atoms with Gasteiger partial charge in [-0.1, -0.05) is 30.5 Å². The van der Waals surface area contributed by atoms with E-state index in [1.165, 1.54) is 25.7 Å². The summed E-state index contributed by atoms with van der Waals surface area (Å²) >= 11 is 0. The van der Waals surface area contributed by atoms with Crippen LogP contribution in [0.25, 0.3) is 0 Å². The van der Waals surface area contributed by atoms with Crippen LogP contribution in [0.1, 0.15) is 63.9 Å². The molecule has 3 aliphatic rings. The van der Waals surface area contributed by atoms with Crippen molar-refractivity contribution in [1.29, 1.82) is 0 Å². The fraction of sp³-hybridized carbons (Fsp3) is 0.696. The van der Waals surface area contributed by atoms with Gasteiger partial charge >= 0.3 is 0 Å². The van der Waals surface area contributed by atoms with Crippen LogP contribution in [-0.4, -0.2) is 48.7 Å². The van der Waals surface area contributed by atoms with Gasteiger partial charge in [-0.25, -0.2) is 8.42 Å². The van der Waals surface area contributed by atoms with Crippen LogP contribution >= 0.6 is 0 Å². The van der Waals surface area contributed by atoms with Crippen molar-refractivity contribution in [3.63, 3.8) is 0 Å². The lowest BCUT2D eigenvalue weighted by atomic mass is 9.76. The van der Waals surface area contributed by atoms with E-state index in [0.29, 0.717) is 48.8 Å². The second-order valence-corrected chi connectivity index (χ2v) is 11.2. The number of fused-ring (bicyclic) bond motifs is 1. The third-order valence-electron chi connectivity index (χ3n) is 7.37. The highest BCUT2D eigenvalue weighted by atomic mass is 32.2. The van der Waals surface area contributed by atoms with Crippen molar-refractivity contribution in [2.45, 2.75) is 82.2 Å². The van der Waals surface area contributed by atoms with Gasteiger partial charge in [-0.2, -0.15) is 4.31 Å². The first-order chi connectivity index (χ1) is 13.9. The highest BCUT2D eigenvalue weighted by molar-refractivity contribution is 7.89. The maximum absolute atomic E-state index is 13.4. The van der Waals surface area contributed by atoms with E-state index in [9.17, 15) is 13.2 Å². The van der Waals surface area contributed by atoms with Crippen molar-refractivity contribution < 1.29 is 13.2 Å². The average molecular weight is 419 g/mol. The summed E-state index contributed by atoms with van der Waals surface area (Å²) in [6, 6.07) is 7.76. The Morgan fingerprint density at radius 2 is 1.59 bits per heavy atom. The molecule has 2 saturated heterocycles. The lowest BCUT2D eigenvalue weighted by molar-refractivity contribution is -0.147. The molecule has 3 unspecified atom stereocenters. The zero-order valence-electron chi connectivity index (χ0n) is 17.7. The van der Waals surface area contributed by atoms with Crippen LogP contribution in [0.2, 0.25) is 0 Å². The summed E-state index contributed by atoms with van der Waals surface area (Å²) in [6.45, 7) is 5.01. The van der Waals surface area contributed by atoms with Gasteiger partial charge in [-0.05, 0) is 70.4 Å². The van der Waals surface area contributed by atoms with Crippen molar-refractivity contribution in [2.75, 3.05) is 13.1 Å². The van der Waals surface area contributed by atoms with Crippen LogP contribution < -0.4 is 0 Å². The molecule has 4 rings (SSSR count). The number of benzene rings is 1. The third-order valence-corrected chi connectivity index (χ3v) is 9.29. The van der Waals surface area contributed by atoms with Gasteiger partial charge in [0, 0.05) is 31.1 Å². The number of carbonyl (C=O) groups excluding carboxylic acids is 1. The molecule has 3 fully saturated rings. The molecule has 1 aliphatic carbocycles. The lowest BCUT2D eigenvalue weighted by Gasteiger charge is -2.49. The SMILES string of the molecule is Cc1ccc(S(=O)(=O)N2CCC(C(=O)N3C(C)CCC4CCCCC43)CC2)cc1. The third kappa shape index (κ3) is 4.11. The van der Waals surface area contributed by atoms with Crippen LogP contribution in [0, 0.1) is 18.8 Å². The molecule has 0 radical (unpaired) electrons. The Morgan fingerprint density at radius 3 is 2.28 bits per heavy atom. The number of rotatable bonds is 3. The van der Waals surface area contributed by atoms with Crippen molar-refractivity contribution >= 4 is 15.9 Å². The summed E-state index contributed by atoms with van der Waals surface area (Å²) in [5.74, 6) is 0.912. The van der Waals surface area contributed by atoms with Crippen molar-refractivity contribution in [3.8, 4) is 0 Å². The maximum Gasteiger partial charge on any atom is 0.243 e. The number of carbonyl (C=O) groups is 1. The summed E-state index contributed by atoms with van der Waals surface area (Å²) in [5.41, 5.74) is 1.05. The largest absolute Gasteiger partial charge is 0.336 e. The molecule has 1 aromatic carbocycles. The van der Waals surface area contributed by atoms with Crippen LogP contribution in [-0.2, 0) is 14.8 Å². The summed E-state index contributed by atoms with van der Waals surface area (Å²) < 4.78 is 27.5. The van der Waals surface area contributed by atoms with Crippen LogP contribution in [0.5, 0.6) is 0 Å². The average Bonchev–Trinajstić information content (AvgIpc) is 2.73. The first-order valence-corrected chi connectivity index (χ1v) is 12.7. The van der Waals surface area contributed by atoms with Crippen molar-refractivity contribution in [2.24, 2.45) is 11.8 Å². The van der Waals surface area contributed by atoms with E-state index >= 15 is 0 Å². The van der Waals surface area contributed by atoms with E-state index in [0.717, 1.165) is 18.4 Å². The number of piperidine rings is 2. The minimum Gasteiger partial charge on any atom is -0.336 e. The van der Waals surface area contributed by atoms with Gasteiger partial charge in [0.15, 0.2) is 0 Å². The zero-order chi connectivity index (χ0) is 20.6. The predicted molar refractivity (Wildman–Crippen MR) is 114 cm³/mol. The Morgan fingerprint density at radius 1 is 0.931 bits per heavy atom. The minimum atomic E-state index is -3.47. The van der Waals surface area contributed by atoms with E-state index in [1.54, 1.807) is 16.4 Å². The molecule has 1 amide bonds. The van der Waals surface area contributed by atoms with E-state index < -0.39 is 10.0 Å². The Hall–Kier alpha value is -1.40. The molecule has 3 atom stereocenters. The van der Waals surface area contributed by atoms with E-state index in [-0.39, 0.29) is 11.8 Å². The molecule has 2 heterocycles. The lowest BCUT2D eigenvalue weighted by Crippen LogP contribution is -2.56. The highest BCUT2D eigenvalue weighted by Crippen LogP contribution is 2.39. The molecule has 2 aliphatic heterocycles. The van der Waals surface area contributed by atoms with Gasteiger partial charge in [-0.3, -0.25) is 4.79 Å². The molecular formula is C23H34N2O3S. The number of amides is 1. The van der Waals surface area contributed by atoms with E-state index in [2.05, 4.69) is 11.8 Å². The van der Waals surface area contributed by atoms with Gasteiger partial charge < -0.3 is 4.90 Å². The van der Waals surface area contributed by atoms with E-state index in [4.69, 9.17) is 0 Å².